The van der Waals surface area contributed by atoms with Crippen molar-refractivity contribution in [1.82, 2.24) is 19.7 Å². The van der Waals surface area contributed by atoms with Crippen LogP contribution in [0.4, 0.5) is 8.78 Å². The number of nitrogens with zero attached hydrogens (tertiary/aromatic N) is 3. The summed E-state index contributed by atoms with van der Waals surface area (Å²) in [7, 11) is 1.75. The molecule has 3 aromatic rings. The lowest BCUT2D eigenvalue weighted by Crippen LogP contribution is -2.26. The Morgan fingerprint density at radius 2 is 2.15 bits per heavy atom. The molecule has 0 spiro atoms. The number of hydrogen-bond acceptors (Lipinski definition) is 4. The topological polar surface area (TPSA) is 65.0 Å². The van der Waals surface area contributed by atoms with Crippen LogP contribution in [0.1, 0.15) is 0 Å². The quantitative estimate of drug-likeness (QED) is 0.741. The van der Waals surface area contributed by atoms with Crippen LogP contribution in [-0.2, 0) is 7.05 Å². The van der Waals surface area contributed by atoms with Crippen LogP contribution in [0.15, 0.2) is 24.4 Å². The minimum Gasteiger partial charge on any atom is -0.395 e. The number of aromatic nitrogens is 4. The lowest BCUT2D eigenvalue weighted by atomic mass is 10.2. The van der Waals surface area contributed by atoms with Crippen molar-refractivity contribution < 1.29 is 18.3 Å². The number of alkyl halides is 2. The maximum atomic E-state index is 13.2. The number of H-pyrrole nitrogens is 1. The summed E-state index contributed by atoms with van der Waals surface area (Å²) in [6, 6.07) is 4.66. The van der Waals surface area contributed by atoms with Crippen LogP contribution in [0.3, 0.4) is 0 Å². The van der Waals surface area contributed by atoms with Crippen LogP contribution in [0.25, 0.3) is 22.6 Å². The maximum absolute atomic E-state index is 13.2. The summed E-state index contributed by atoms with van der Waals surface area (Å²) in [6.45, 7) is 0. The third-order valence-electron chi connectivity index (χ3n) is 3.06. The van der Waals surface area contributed by atoms with Crippen LogP contribution in [0.5, 0.6) is 11.5 Å². The molecule has 2 aromatic heterocycles. The van der Waals surface area contributed by atoms with Crippen molar-refractivity contribution in [3.05, 3.63) is 24.4 Å². The van der Waals surface area contributed by atoms with E-state index in [0.29, 0.717) is 22.6 Å². The number of aryl methyl sites for hydroxylation is 1. The van der Waals surface area contributed by atoms with Crippen LogP contribution < -0.4 is 9.47 Å². The predicted octanol–water partition coefficient (Wildman–Crippen LogP) is 2.28. The molecule has 6 nitrogen and oxygen atoms in total. The Balaban J connectivity index is 1.89. The standard InChI is InChI=1S/C12H8F2N4O2/c1-18-11-7(5-15-18)16-10(17-11)6-3-2-4-8-9(6)20-12(13,14)19-8/h2-5H,1H3,(H,16,17). The largest absolute Gasteiger partial charge is 0.586 e. The van der Waals surface area contributed by atoms with E-state index in [0.717, 1.165) is 0 Å². The predicted molar refractivity (Wildman–Crippen MR) is 64.5 cm³/mol. The summed E-state index contributed by atoms with van der Waals surface area (Å²) >= 11 is 0. The molecule has 0 atom stereocenters. The molecule has 0 saturated heterocycles. The van der Waals surface area contributed by atoms with E-state index in [1.807, 2.05) is 0 Å². The fraction of sp³-hybridized carbons (Fsp3) is 0.167. The third kappa shape index (κ3) is 1.47. The zero-order valence-corrected chi connectivity index (χ0v) is 10.2. The van der Waals surface area contributed by atoms with Gasteiger partial charge in [0.2, 0.25) is 0 Å². The zero-order valence-electron chi connectivity index (χ0n) is 10.2. The van der Waals surface area contributed by atoms with Gasteiger partial charge in [0, 0.05) is 7.05 Å². The molecule has 1 aromatic carbocycles. The molecule has 1 N–H and O–H groups in total. The number of nitrogens with one attached hydrogen (secondary N) is 1. The van der Waals surface area contributed by atoms with E-state index in [1.54, 1.807) is 30.1 Å². The summed E-state index contributed by atoms with van der Waals surface area (Å²) in [5, 5.41) is 4.03. The van der Waals surface area contributed by atoms with E-state index < -0.39 is 6.29 Å². The summed E-state index contributed by atoms with van der Waals surface area (Å²) in [6.07, 6.45) is -2.03. The molecular weight excluding hydrogens is 270 g/mol. The Morgan fingerprint density at radius 1 is 1.30 bits per heavy atom. The Labute approximate surface area is 110 Å². The van der Waals surface area contributed by atoms with Gasteiger partial charge in [0.15, 0.2) is 17.1 Å². The van der Waals surface area contributed by atoms with Gasteiger partial charge in [-0.25, -0.2) is 9.67 Å². The van der Waals surface area contributed by atoms with E-state index in [-0.39, 0.29) is 11.5 Å². The average Bonchev–Trinajstić information content (AvgIpc) is 3.01. The van der Waals surface area contributed by atoms with E-state index in [9.17, 15) is 8.78 Å². The average molecular weight is 278 g/mol. The Morgan fingerprint density at radius 3 is 2.95 bits per heavy atom. The van der Waals surface area contributed by atoms with Crippen molar-refractivity contribution >= 4 is 11.2 Å². The maximum Gasteiger partial charge on any atom is 0.586 e. The lowest BCUT2D eigenvalue weighted by molar-refractivity contribution is -0.286. The van der Waals surface area contributed by atoms with Crippen LogP contribution >= 0.6 is 0 Å². The molecule has 0 radical (unpaired) electrons. The van der Waals surface area contributed by atoms with E-state index in [1.165, 1.54) is 6.07 Å². The molecule has 0 fully saturated rings. The number of imidazole rings is 1. The molecule has 102 valence electrons. The number of para-hydroxylation sites is 1. The monoisotopic (exact) mass is 278 g/mol. The second-order valence-electron chi connectivity index (χ2n) is 4.39. The third-order valence-corrected chi connectivity index (χ3v) is 3.06. The number of halogens is 2. The first-order valence-corrected chi connectivity index (χ1v) is 5.80. The highest BCUT2D eigenvalue weighted by atomic mass is 19.3. The number of hydrogen-bond donors (Lipinski definition) is 1. The number of aromatic amines is 1. The van der Waals surface area contributed by atoms with Gasteiger partial charge in [-0.15, -0.1) is 8.78 Å². The smallest absolute Gasteiger partial charge is 0.395 e. The van der Waals surface area contributed by atoms with Gasteiger partial charge in [0.25, 0.3) is 0 Å². The Bertz CT molecular complexity index is 824. The summed E-state index contributed by atoms with van der Waals surface area (Å²) in [5.41, 5.74) is 1.75. The van der Waals surface area contributed by atoms with Crippen molar-refractivity contribution in [1.29, 1.82) is 0 Å². The first-order valence-electron chi connectivity index (χ1n) is 5.80. The molecule has 0 aliphatic carbocycles. The number of benzene rings is 1. The molecule has 4 rings (SSSR count). The molecule has 1 aliphatic rings. The zero-order chi connectivity index (χ0) is 13.9. The highest BCUT2D eigenvalue weighted by Gasteiger charge is 2.44. The van der Waals surface area contributed by atoms with Crippen LogP contribution in [-0.4, -0.2) is 26.0 Å². The highest BCUT2D eigenvalue weighted by Crippen LogP contribution is 2.46. The molecule has 0 bridgehead atoms. The molecule has 3 heterocycles. The number of fused-ring (bicyclic) bond motifs is 2. The fourth-order valence-corrected chi connectivity index (χ4v) is 2.20. The first-order chi connectivity index (χ1) is 9.53. The second kappa shape index (κ2) is 3.47. The van der Waals surface area contributed by atoms with Gasteiger partial charge in [0.05, 0.1) is 11.8 Å². The van der Waals surface area contributed by atoms with Crippen molar-refractivity contribution in [2.75, 3.05) is 0 Å². The van der Waals surface area contributed by atoms with Crippen LogP contribution in [0.2, 0.25) is 0 Å². The van der Waals surface area contributed by atoms with Gasteiger partial charge in [-0.05, 0) is 12.1 Å². The fourth-order valence-electron chi connectivity index (χ4n) is 2.20. The number of rotatable bonds is 1. The highest BCUT2D eigenvalue weighted by molar-refractivity contribution is 5.79. The SMILES string of the molecule is Cn1ncc2[nH]c(-c3cccc4c3OC(F)(F)O4)nc21. The van der Waals surface area contributed by atoms with Crippen molar-refractivity contribution in [2.24, 2.45) is 7.05 Å². The summed E-state index contributed by atoms with van der Waals surface area (Å²) in [4.78, 5) is 7.35. The van der Waals surface area contributed by atoms with Gasteiger partial charge in [-0.1, -0.05) is 6.07 Å². The number of ether oxygens (including phenoxy) is 2. The first kappa shape index (κ1) is 11.2. The minimum atomic E-state index is -3.65. The van der Waals surface area contributed by atoms with Crippen molar-refractivity contribution in [2.45, 2.75) is 6.29 Å². The van der Waals surface area contributed by atoms with Crippen molar-refractivity contribution in [3.63, 3.8) is 0 Å². The van der Waals surface area contributed by atoms with Gasteiger partial charge in [-0.2, -0.15) is 5.10 Å². The van der Waals surface area contributed by atoms with E-state index in [2.05, 4.69) is 24.5 Å². The summed E-state index contributed by atoms with van der Waals surface area (Å²) in [5.74, 6) is 0.391. The van der Waals surface area contributed by atoms with E-state index in [4.69, 9.17) is 0 Å². The lowest BCUT2D eigenvalue weighted by Gasteiger charge is -2.05. The Kier molecular flexibility index (Phi) is 1.94. The molecule has 8 heteroatoms. The molecule has 0 unspecified atom stereocenters. The van der Waals surface area contributed by atoms with E-state index >= 15 is 0 Å². The molecular formula is C12H8F2N4O2. The molecule has 20 heavy (non-hydrogen) atoms. The van der Waals surface area contributed by atoms with Gasteiger partial charge in [0.1, 0.15) is 11.3 Å². The minimum absolute atomic E-state index is 0.00826. The molecule has 0 saturated carbocycles. The van der Waals surface area contributed by atoms with Crippen LogP contribution in [0, 0.1) is 0 Å². The summed E-state index contributed by atoms with van der Waals surface area (Å²) < 4.78 is 36.9. The van der Waals surface area contributed by atoms with Gasteiger partial charge < -0.3 is 14.5 Å². The molecule has 0 amide bonds. The Hall–Kier alpha value is -2.64. The van der Waals surface area contributed by atoms with Gasteiger partial charge >= 0.3 is 6.29 Å². The second-order valence-corrected chi connectivity index (χ2v) is 4.39. The van der Waals surface area contributed by atoms with Crippen molar-refractivity contribution in [3.8, 4) is 22.9 Å². The normalized spacial score (nSPS) is 15.9. The molecule has 1 aliphatic heterocycles. The van der Waals surface area contributed by atoms with Gasteiger partial charge in [-0.3, -0.25) is 0 Å².